The molecule has 0 spiro atoms. The molecule has 5 nitrogen and oxygen atoms in total. The van der Waals surface area contributed by atoms with E-state index >= 15 is 0 Å². The van der Waals surface area contributed by atoms with Crippen molar-refractivity contribution in [2.45, 2.75) is 38.8 Å². The van der Waals surface area contributed by atoms with E-state index in [0.717, 1.165) is 35.3 Å². The Morgan fingerprint density at radius 2 is 1.89 bits per heavy atom. The summed E-state index contributed by atoms with van der Waals surface area (Å²) in [6.45, 7) is 4.12. The van der Waals surface area contributed by atoms with Crippen LogP contribution in [0.3, 0.4) is 0 Å². The van der Waals surface area contributed by atoms with E-state index in [1.54, 1.807) is 12.0 Å². The van der Waals surface area contributed by atoms with Gasteiger partial charge >= 0.3 is 0 Å². The van der Waals surface area contributed by atoms with E-state index in [4.69, 9.17) is 4.74 Å². The Hall–Kier alpha value is -2.82. The number of carbonyl (C=O) groups excluding carboxylic acids is 2. The summed E-state index contributed by atoms with van der Waals surface area (Å²) in [6.07, 6.45) is 1.53. The second-order valence-corrected chi connectivity index (χ2v) is 6.81. The van der Waals surface area contributed by atoms with Crippen LogP contribution in [0.5, 0.6) is 5.75 Å². The molecular formula is C22H26N2O3. The molecule has 2 amide bonds. The number of carbonyl (C=O) groups is 2. The first kappa shape index (κ1) is 19.0. The summed E-state index contributed by atoms with van der Waals surface area (Å²) in [5.41, 5.74) is 3.07. The van der Waals surface area contributed by atoms with Crippen molar-refractivity contribution in [1.82, 2.24) is 10.2 Å². The topological polar surface area (TPSA) is 58.6 Å². The SMILES string of the molecule is CC[C@H](NC(=O)[C@@H]1c2ccccc2CCN1C(C)=O)c1ccc(OC)cc1. The van der Waals surface area contributed by atoms with Crippen molar-refractivity contribution >= 4 is 11.8 Å². The second kappa shape index (κ2) is 8.25. The highest BCUT2D eigenvalue weighted by Gasteiger charge is 2.35. The predicted octanol–water partition coefficient (Wildman–Crippen LogP) is 3.41. The number of rotatable bonds is 5. The van der Waals surface area contributed by atoms with Gasteiger partial charge in [0.15, 0.2) is 0 Å². The van der Waals surface area contributed by atoms with E-state index in [2.05, 4.69) is 5.32 Å². The molecule has 0 saturated heterocycles. The van der Waals surface area contributed by atoms with Crippen molar-refractivity contribution < 1.29 is 14.3 Å². The van der Waals surface area contributed by atoms with Gasteiger partial charge in [-0.1, -0.05) is 43.3 Å². The zero-order chi connectivity index (χ0) is 19.4. The van der Waals surface area contributed by atoms with Crippen LogP contribution in [-0.4, -0.2) is 30.4 Å². The van der Waals surface area contributed by atoms with E-state index in [9.17, 15) is 9.59 Å². The second-order valence-electron chi connectivity index (χ2n) is 6.81. The Kier molecular flexibility index (Phi) is 5.79. The lowest BCUT2D eigenvalue weighted by Gasteiger charge is -2.36. The fourth-order valence-corrected chi connectivity index (χ4v) is 3.70. The maximum Gasteiger partial charge on any atom is 0.247 e. The monoisotopic (exact) mass is 366 g/mol. The Labute approximate surface area is 160 Å². The van der Waals surface area contributed by atoms with Gasteiger partial charge in [-0.15, -0.1) is 0 Å². The van der Waals surface area contributed by atoms with E-state index in [1.807, 2.05) is 55.5 Å². The largest absolute Gasteiger partial charge is 0.497 e. The fraction of sp³-hybridized carbons (Fsp3) is 0.364. The third kappa shape index (κ3) is 3.97. The molecule has 1 aliphatic rings. The van der Waals surface area contributed by atoms with E-state index in [1.165, 1.54) is 6.92 Å². The molecule has 2 atom stereocenters. The van der Waals surface area contributed by atoms with Gasteiger partial charge in [0, 0.05) is 13.5 Å². The maximum absolute atomic E-state index is 13.2. The number of hydrogen-bond acceptors (Lipinski definition) is 3. The minimum Gasteiger partial charge on any atom is -0.497 e. The minimum absolute atomic E-state index is 0.0813. The highest BCUT2D eigenvalue weighted by molar-refractivity contribution is 5.89. The molecule has 0 unspecified atom stereocenters. The van der Waals surface area contributed by atoms with Crippen LogP contribution in [-0.2, 0) is 16.0 Å². The third-order valence-electron chi connectivity index (χ3n) is 5.18. The first-order valence-electron chi connectivity index (χ1n) is 9.34. The van der Waals surface area contributed by atoms with Crippen LogP contribution in [0.25, 0.3) is 0 Å². The molecule has 27 heavy (non-hydrogen) atoms. The Balaban J connectivity index is 1.86. The number of hydrogen-bond donors (Lipinski definition) is 1. The van der Waals surface area contributed by atoms with Crippen molar-refractivity contribution in [3.05, 3.63) is 65.2 Å². The third-order valence-corrected chi connectivity index (χ3v) is 5.18. The van der Waals surface area contributed by atoms with Gasteiger partial charge in [-0.2, -0.15) is 0 Å². The summed E-state index contributed by atoms with van der Waals surface area (Å²) in [5, 5.41) is 3.14. The molecule has 0 bridgehead atoms. The molecule has 142 valence electrons. The van der Waals surface area contributed by atoms with Crippen LogP contribution in [0, 0.1) is 0 Å². The highest BCUT2D eigenvalue weighted by atomic mass is 16.5. The average Bonchev–Trinajstić information content (AvgIpc) is 2.70. The smallest absolute Gasteiger partial charge is 0.247 e. The van der Waals surface area contributed by atoms with E-state index < -0.39 is 6.04 Å². The van der Waals surface area contributed by atoms with E-state index in [0.29, 0.717) is 6.54 Å². The van der Waals surface area contributed by atoms with Crippen LogP contribution < -0.4 is 10.1 Å². The van der Waals surface area contributed by atoms with Crippen LogP contribution in [0.4, 0.5) is 0 Å². The average molecular weight is 366 g/mol. The zero-order valence-electron chi connectivity index (χ0n) is 16.1. The molecule has 0 fully saturated rings. The summed E-state index contributed by atoms with van der Waals surface area (Å²) in [5.74, 6) is 0.561. The first-order chi connectivity index (χ1) is 13.0. The molecule has 1 N–H and O–H groups in total. The van der Waals surface area contributed by atoms with Gasteiger partial charge in [-0.25, -0.2) is 0 Å². The van der Waals surface area contributed by atoms with Gasteiger partial charge in [-0.3, -0.25) is 9.59 Å². The molecule has 1 aliphatic heterocycles. The van der Waals surface area contributed by atoms with Crippen molar-refractivity contribution in [3.63, 3.8) is 0 Å². The summed E-state index contributed by atoms with van der Waals surface area (Å²) in [6, 6.07) is 14.9. The number of fused-ring (bicyclic) bond motifs is 1. The van der Waals surface area contributed by atoms with Gasteiger partial charge in [0.25, 0.3) is 0 Å². The molecule has 3 rings (SSSR count). The van der Waals surface area contributed by atoms with Crippen LogP contribution in [0.2, 0.25) is 0 Å². The van der Waals surface area contributed by atoms with Crippen molar-refractivity contribution in [1.29, 1.82) is 0 Å². The molecule has 0 aromatic heterocycles. The van der Waals surface area contributed by atoms with Gasteiger partial charge in [0.05, 0.1) is 13.2 Å². The summed E-state index contributed by atoms with van der Waals surface area (Å²) in [4.78, 5) is 27.0. The summed E-state index contributed by atoms with van der Waals surface area (Å²) < 4.78 is 5.21. The van der Waals surface area contributed by atoms with Gasteiger partial charge in [-0.05, 0) is 41.7 Å². The molecule has 0 radical (unpaired) electrons. The number of ether oxygens (including phenoxy) is 1. The number of methoxy groups -OCH3 is 1. The van der Waals surface area contributed by atoms with Crippen LogP contribution in [0.15, 0.2) is 48.5 Å². The lowest BCUT2D eigenvalue weighted by Crippen LogP contribution is -2.47. The minimum atomic E-state index is -0.584. The summed E-state index contributed by atoms with van der Waals surface area (Å²) in [7, 11) is 1.63. The first-order valence-corrected chi connectivity index (χ1v) is 9.34. The normalized spacial score (nSPS) is 17.0. The Bertz CT molecular complexity index is 817. The van der Waals surface area contributed by atoms with Crippen molar-refractivity contribution in [3.8, 4) is 5.75 Å². The number of nitrogens with one attached hydrogen (secondary N) is 1. The molecule has 0 aliphatic carbocycles. The Morgan fingerprint density at radius 1 is 1.19 bits per heavy atom. The lowest BCUT2D eigenvalue weighted by molar-refractivity contribution is -0.140. The highest BCUT2D eigenvalue weighted by Crippen LogP contribution is 2.31. The number of nitrogens with zero attached hydrogens (tertiary/aromatic N) is 1. The van der Waals surface area contributed by atoms with Crippen molar-refractivity contribution in [2.75, 3.05) is 13.7 Å². The molecule has 1 heterocycles. The fourth-order valence-electron chi connectivity index (χ4n) is 3.70. The molecule has 2 aromatic carbocycles. The van der Waals surface area contributed by atoms with E-state index in [-0.39, 0.29) is 17.9 Å². The molecule has 2 aromatic rings. The summed E-state index contributed by atoms with van der Waals surface area (Å²) >= 11 is 0. The van der Waals surface area contributed by atoms with Crippen LogP contribution in [0.1, 0.15) is 49.0 Å². The maximum atomic E-state index is 13.2. The van der Waals surface area contributed by atoms with Crippen LogP contribution >= 0.6 is 0 Å². The Morgan fingerprint density at radius 3 is 2.52 bits per heavy atom. The predicted molar refractivity (Wildman–Crippen MR) is 104 cm³/mol. The lowest BCUT2D eigenvalue weighted by atomic mass is 9.91. The molecule has 5 heteroatoms. The zero-order valence-corrected chi connectivity index (χ0v) is 16.1. The van der Waals surface area contributed by atoms with Gasteiger partial charge < -0.3 is 15.0 Å². The number of benzene rings is 2. The quantitative estimate of drug-likeness (QED) is 0.882. The van der Waals surface area contributed by atoms with Gasteiger partial charge in [0.1, 0.15) is 11.8 Å². The van der Waals surface area contributed by atoms with Gasteiger partial charge in [0.2, 0.25) is 11.8 Å². The van der Waals surface area contributed by atoms with Crippen molar-refractivity contribution in [2.24, 2.45) is 0 Å². The molecular weight excluding hydrogens is 340 g/mol. The standard InChI is InChI=1S/C22H26N2O3/c1-4-20(17-9-11-18(27-3)12-10-17)23-22(26)21-19-8-6-5-7-16(19)13-14-24(21)15(2)25/h5-12,20-21H,4,13-14H2,1-3H3,(H,23,26)/t20-,21-/m0/s1. The molecule has 0 saturated carbocycles. The number of amides is 2.